The number of hydrogen-bond donors (Lipinski definition) is 1. The molecule has 2 nitrogen and oxygen atoms in total. The fourth-order valence-corrected chi connectivity index (χ4v) is 3.05. The fourth-order valence-electron chi connectivity index (χ4n) is 1.82. The lowest BCUT2D eigenvalue weighted by atomic mass is 10.1. The number of rotatable bonds is 7. The van der Waals surface area contributed by atoms with Gasteiger partial charge in [0, 0.05) is 23.2 Å². The lowest BCUT2D eigenvalue weighted by Gasteiger charge is -2.18. The standard InChI is InChI=1S/C14H24N2S/c1-5-13(15-2)12-8-6-7-9-14(12)17-11-10-16(3)4/h6-9,13,15H,5,10-11H2,1-4H3. The predicted octanol–water partition coefficient (Wildman–Crippen LogP) is 3.01. The maximum Gasteiger partial charge on any atom is 0.0326 e. The minimum Gasteiger partial charge on any atom is -0.313 e. The summed E-state index contributed by atoms with van der Waals surface area (Å²) >= 11 is 1.95. The van der Waals surface area contributed by atoms with Crippen LogP contribution in [0.4, 0.5) is 0 Å². The Kier molecular flexibility index (Phi) is 6.63. The van der Waals surface area contributed by atoms with Gasteiger partial charge in [-0.1, -0.05) is 25.1 Å². The van der Waals surface area contributed by atoms with Crippen molar-refractivity contribution in [3.8, 4) is 0 Å². The van der Waals surface area contributed by atoms with E-state index in [9.17, 15) is 0 Å². The summed E-state index contributed by atoms with van der Waals surface area (Å²) in [6, 6.07) is 9.20. The maximum atomic E-state index is 3.38. The van der Waals surface area contributed by atoms with E-state index < -0.39 is 0 Å². The molecule has 0 saturated carbocycles. The molecular weight excluding hydrogens is 228 g/mol. The number of nitrogens with one attached hydrogen (secondary N) is 1. The average molecular weight is 252 g/mol. The Balaban J connectivity index is 2.70. The molecule has 1 rings (SSSR count). The highest BCUT2D eigenvalue weighted by Crippen LogP contribution is 2.28. The van der Waals surface area contributed by atoms with E-state index in [2.05, 4.69) is 55.5 Å². The Labute approximate surface area is 110 Å². The molecule has 0 heterocycles. The molecule has 0 aliphatic heterocycles. The molecule has 0 fully saturated rings. The van der Waals surface area contributed by atoms with Crippen molar-refractivity contribution in [1.29, 1.82) is 0 Å². The van der Waals surface area contributed by atoms with Crippen LogP contribution in [0.5, 0.6) is 0 Å². The summed E-state index contributed by atoms with van der Waals surface area (Å²) in [6.07, 6.45) is 1.13. The topological polar surface area (TPSA) is 15.3 Å². The molecule has 0 radical (unpaired) electrons. The summed E-state index contributed by atoms with van der Waals surface area (Å²) in [5.74, 6) is 1.14. The Morgan fingerprint density at radius 1 is 1.29 bits per heavy atom. The molecular formula is C14H24N2S. The molecule has 1 aromatic rings. The summed E-state index contributed by atoms with van der Waals surface area (Å²) in [5, 5.41) is 3.38. The van der Waals surface area contributed by atoms with E-state index in [1.807, 2.05) is 18.8 Å². The van der Waals surface area contributed by atoms with Crippen molar-refractivity contribution in [2.45, 2.75) is 24.3 Å². The molecule has 0 aliphatic carbocycles. The molecule has 96 valence electrons. The molecule has 0 saturated heterocycles. The van der Waals surface area contributed by atoms with Crippen molar-refractivity contribution in [1.82, 2.24) is 10.2 Å². The Bertz CT molecular complexity index is 322. The smallest absolute Gasteiger partial charge is 0.0326 e. The van der Waals surface area contributed by atoms with Gasteiger partial charge in [-0.15, -0.1) is 11.8 Å². The van der Waals surface area contributed by atoms with Crippen LogP contribution >= 0.6 is 11.8 Å². The summed E-state index contributed by atoms with van der Waals surface area (Å²) in [7, 11) is 6.28. The summed E-state index contributed by atoms with van der Waals surface area (Å²) in [6.45, 7) is 3.35. The minimum absolute atomic E-state index is 0.470. The third-order valence-corrected chi connectivity index (χ3v) is 3.92. The van der Waals surface area contributed by atoms with Crippen LogP contribution in [-0.4, -0.2) is 38.3 Å². The van der Waals surface area contributed by atoms with Gasteiger partial charge in [0.1, 0.15) is 0 Å². The number of hydrogen-bond acceptors (Lipinski definition) is 3. The molecule has 0 aliphatic rings. The average Bonchev–Trinajstić information content (AvgIpc) is 2.32. The van der Waals surface area contributed by atoms with Gasteiger partial charge in [-0.2, -0.15) is 0 Å². The van der Waals surface area contributed by atoms with Gasteiger partial charge in [0.05, 0.1) is 0 Å². The lowest BCUT2D eigenvalue weighted by molar-refractivity contribution is 0.437. The van der Waals surface area contributed by atoms with E-state index in [0.717, 1.165) is 18.7 Å². The summed E-state index contributed by atoms with van der Waals surface area (Å²) in [5.41, 5.74) is 1.43. The SMILES string of the molecule is CCC(NC)c1ccccc1SCCN(C)C. The number of thioether (sulfide) groups is 1. The highest BCUT2D eigenvalue weighted by atomic mass is 32.2. The minimum atomic E-state index is 0.470. The first kappa shape index (κ1) is 14.6. The first-order chi connectivity index (χ1) is 8.19. The van der Waals surface area contributed by atoms with E-state index in [4.69, 9.17) is 0 Å². The molecule has 3 heteroatoms. The molecule has 1 N–H and O–H groups in total. The zero-order chi connectivity index (χ0) is 12.7. The van der Waals surface area contributed by atoms with E-state index in [0.29, 0.717) is 6.04 Å². The molecule has 1 atom stereocenters. The van der Waals surface area contributed by atoms with Crippen LogP contribution in [0.3, 0.4) is 0 Å². The van der Waals surface area contributed by atoms with Crippen LogP contribution < -0.4 is 5.32 Å². The zero-order valence-corrected chi connectivity index (χ0v) is 12.2. The normalized spacial score (nSPS) is 13.0. The predicted molar refractivity (Wildman–Crippen MR) is 77.8 cm³/mol. The van der Waals surface area contributed by atoms with Gasteiger partial charge in [0.25, 0.3) is 0 Å². The molecule has 0 bridgehead atoms. The van der Waals surface area contributed by atoms with Gasteiger partial charge < -0.3 is 10.2 Å². The first-order valence-electron chi connectivity index (χ1n) is 6.22. The van der Waals surface area contributed by atoms with Gasteiger partial charge in [-0.05, 0) is 39.2 Å². The molecule has 0 spiro atoms. The molecule has 17 heavy (non-hydrogen) atoms. The monoisotopic (exact) mass is 252 g/mol. The molecule has 0 aromatic heterocycles. The van der Waals surface area contributed by atoms with Crippen molar-refractivity contribution in [3.05, 3.63) is 29.8 Å². The number of benzene rings is 1. The molecule has 1 unspecified atom stereocenters. The van der Waals surface area contributed by atoms with Crippen molar-refractivity contribution in [2.75, 3.05) is 33.4 Å². The molecule has 0 amide bonds. The Hall–Kier alpha value is -0.510. The van der Waals surface area contributed by atoms with E-state index >= 15 is 0 Å². The highest BCUT2D eigenvalue weighted by Gasteiger charge is 2.11. The largest absolute Gasteiger partial charge is 0.313 e. The lowest BCUT2D eigenvalue weighted by Crippen LogP contribution is -2.17. The van der Waals surface area contributed by atoms with Crippen molar-refractivity contribution >= 4 is 11.8 Å². The van der Waals surface area contributed by atoms with E-state index in [1.165, 1.54) is 10.5 Å². The summed E-state index contributed by atoms with van der Waals surface area (Å²) in [4.78, 5) is 3.64. The quantitative estimate of drug-likeness (QED) is 0.751. The van der Waals surface area contributed by atoms with Crippen molar-refractivity contribution in [3.63, 3.8) is 0 Å². The van der Waals surface area contributed by atoms with Crippen LogP contribution in [0.2, 0.25) is 0 Å². The Morgan fingerprint density at radius 3 is 2.59 bits per heavy atom. The van der Waals surface area contributed by atoms with Crippen LogP contribution in [0.15, 0.2) is 29.2 Å². The Morgan fingerprint density at radius 2 is 2.00 bits per heavy atom. The van der Waals surface area contributed by atoms with Crippen LogP contribution in [0.25, 0.3) is 0 Å². The zero-order valence-electron chi connectivity index (χ0n) is 11.4. The fraction of sp³-hybridized carbons (Fsp3) is 0.571. The van der Waals surface area contributed by atoms with Crippen molar-refractivity contribution < 1.29 is 0 Å². The maximum absolute atomic E-state index is 3.38. The van der Waals surface area contributed by atoms with Gasteiger partial charge in [0.2, 0.25) is 0 Å². The van der Waals surface area contributed by atoms with Crippen LogP contribution in [0, 0.1) is 0 Å². The third kappa shape index (κ3) is 4.70. The summed E-state index contributed by atoms with van der Waals surface area (Å²) < 4.78 is 0. The van der Waals surface area contributed by atoms with Gasteiger partial charge in [0.15, 0.2) is 0 Å². The van der Waals surface area contributed by atoms with Gasteiger partial charge >= 0.3 is 0 Å². The third-order valence-electron chi connectivity index (χ3n) is 2.85. The first-order valence-corrected chi connectivity index (χ1v) is 7.21. The van der Waals surface area contributed by atoms with E-state index in [-0.39, 0.29) is 0 Å². The second-order valence-electron chi connectivity index (χ2n) is 4.44. The van der Waals surface area contributed by atoms with Gasteiger partial charge in [-0.25, -0.2) is 0 Å². The molecule has 1 aromatic carbocycles. The number of nitrogens with zero attached hydrogens (tertiary/aromatic N) is 1. The van der Waals surface area contributed by atoms with E-state index in [1.54, 1.807) is 0 Å². The second kappa shape index (κ2) is 7.75. The highest BCUT2D eigenvalue weighted by molar-refractivity contribution is 7.99. The van der Waals surface area contributed by atoms with Crippen molar-refractivity contribution in [2.24, 2.45) is 0 Å². The second-order valence-corrected chi connectivity index (χ2v) is 5.58. The van der Waals surface area contributed by atoms with Crippen LogP contribution in [0.1, 0.15) is 24.9 Å². The van der Waals surface area contributed by atoms with Crippen LogP contribution in [-0.2, 0) is 0 Å². The van der Waals surface area contributed by atoms with Gasteiger partial charge in [-0.3, -0.25) is 0 Å².